The lowest BCUT2D eigenvalue weighted by molar-refractivity contribution is 0.398. The van der Waals surface area contributed by atoms with Crippen LogP contribution in [-0.2, 0) is 16.3 Å². The van der Waals surface area contributed by atoms with Crippen molar-refractivity contribution in [3.63, 3.8) is 0 Å². The third kappa shape index (κ3) is 3.23. The Morgan fingerprint density at radius 3 is 2.72 bits per heavy atom. The Balaban J connectivity index is 2.13. The maximum Gasteiger partial charge on any atom is 0.179 e. The van der Waals surface area contributed by atoms with Gasteiger partial charge < -0.3 is 10.4 Å². The van der Waals surface area contributed by atoms with Gasteiger partial charge in [0.1, 0.15) is 10.6 Å². The molecule has 2 N–H and O–H groups in total. The molecule has 1 saturated heterocycles. The highest BCUT2D eigenvalue weighted by molar-refractivity contribution is 7.90. The topological polar surface area (TPSA) is 66.4 Å². The van der Waals surface area contributed by atoms with E-state index in [0.717, 1.165) is 31.2 Å². The zero-order valence-electron chi connectivity index (χ0n) is 10.5. The molecule has 1 aromatic rings. The molecule has 0 amide bonds. The van der Waals surface area contributed by atoms with E-state index in [-0.39, 0.29) is 10.6 Å². The molecule has 4 nitrogen and oxygen atoms in total. The minimum atomic E-state index is -3.35. The van der Waals surface area contributed by atoms with Crippen LogP contribution < -0.4 is 5.32 Å². The molecule has 0 saturated carbocycles. The molecule has 18 heavy (non-hydrogen) atoms. The minimum Gasteiger partial charge on any atom is -0.507 e. The highest BCUT2D eigenvalue weighted by Gasteiger charge is 2.16. The van der Waals surface area contributed by atoms with Crippen molar-refractivity contribution in [1.82, 2.24) is 5.32 Å². The first-order chi connectivity index (χ1) is 8.47. The van der Waals surface area contributed by atoms with Gasteiger partial charge in [0.25, 0.3) is 0 Å². The maximum absolute atomic E-state index is 11.4. The lowest BCUT2D eigenvalue weighted by Gasteiger charge is -2.23. The summed E-state index contributed by atoms with van der Waals surface area (Å²) in [6.07, 6.45) is 5.51. The number of phenolic OH excluding ortho intramolecular Hbond substituents is 1. The van der Waals surface area contributed by atoms with Crippen molar-refractivity contribution in [3.8, 4) is 5.75 Å². The van der Waals surface area contributed by atoms with E-state index < -0.39 is 9.84 Å². The van der Waals surface area contributed by atoms with Crippen LogP contribution in [0.25, 0.3) is 0 Å². The molecule has 1 aliphatic rings. The van der Waals surface area contributed by atoms with Gasteiger partial charge in [-0.1, -0.05) is 12.5 Å². The standard InChI is InChI=1S/C13H19NO3S/c1-18(16,17)13-6-5-10(9-12(13)15)8-11-4-2-3-7-14-11/h5-6,9,11,14-15H,2-4,7-8H2,1H3. The second-order valence-electron chi connectivity index (χ2n) is 4.93. The number of nitrogens with one attached hydrogen (secondary N) is 1. The molecule has 5 heteroatoms. The van der Waals surface area contributed by atoms with E-state index in [4.69, 9.17) is 0 Å². The van der Waals surface area contributed by atoms with Crippen LogP contribution in [0.2, 0.25) is 0 Å². The van der Waals surface area contributed by atoms with Crippen LogP contribution in [0.4, 0.5) is 0 Å². The lowest BCUT2D eigenvalue weighted by atomic mass is 9.98. The predicted molar refractivity (Wildman–Crippen MR) is 70.6 cm³/mol. The van der Waals surface area contributed by atoms with Crippen molar-refractivity contribution < 1.29 is 13.5 Å². The van der Waals surface area contributed by atoms with Crippen LogP contribution in [0.3, 0.4) is 0 Å². The lowest BCUT2D eigenvalue weighted by Crippen LogP contribution is -2.35. The Morgan fingerprint density at radius 1 is 1.39 bits per heavy atom. The monoisotopic (exact) mass is 269 g/mol. The molecular formula is C13H19NO3S. The summed E-state index contributed by atoms with van der Waals surface area (Å²) in [5.74, 6) is -0.147. The average Bonchev–Trinajstić information content (AvgIpc) is 2.28. The van der Waals surface area contributed by atoms with Gasteiger partial charge >= 0.3 is 0 Å². The van der Waals surface area contributed by atoms with E-state index in [1.165, 1.54) is 18.9 Å². The normalized spacial score (nSPS) is 20.8. The number of piperidine rings is 1. The summed E-state index contributed by atoms with van der Waals surface area (Å²) < 4.78 is 22.8. The molecule has 1 atom stereocenters. The summed E-state index contributed by atoms with van der Waals surface area (Å²) >= 11 is 0. The van der Waals surface area contributed by atoms with Crippen LogP contribution in [0.5, 0.6) is 5.75 Å². The van der Waals surface area contributed by atoms with E-state index in [1.54, 1.807) is 12.1 Å². The fourth-order valence-corrected chi connectivity index (χ4v) is 3.14. The smallest absolute Gasteiger partial charge is 0.179 e. The second-order valence-corrected chi connectivity index (χ2v) is 6.91. The molecule has 1 heterocycles. The molecule has 0 aromatic heterocycles. The van der Waals surface area contributed by atoms with Crippen LogP contribution >= 0.6 is 0 Å². The summed E-state index contributed by atoms with van der Waals surface area (Å²) in [6, 6.07) is 5.27. The van der Waals surface area contributed by atoms with E-state index >= 15 is 0 Å². The summed E-state index contributed by atoms with van der Waals surface area (Å²) in [5.41, 5.74) is 0.972. The summed E-state index contributed by atoms with van der Waals surface area (Å²) in [6.45, 7) is 1.04. The largest absolute Gasteiger partial charge is 0.507 e. The fourth-order valence-electron chi connectivity index (χ4n) is 2.39. The van der Waals surface area contributed by atoms with Gasteiger partial charge in [0.05, 0.1) is 0 Å². The third-order valence-electron chi connectivity index (χ3n) is 3.32. The first-order valence-corrected chi connectivity index (χ1v) is 8.11. The van der Waals surface area contributed by atoms with Gasteiger partial charge in [-0.3, -0.25) is 0 Å². The molecule has 0 radical (unpaired) electrons. The van der Waals surface area contributed by atoms with Gasteiger partial charge in [0.2, 0.25) is 0 Å². The van der Waals surface area contributed by atoms with Crippen LogP contribution in [0.1, 0.15) is 24.8 Å². The van der Waals surface area contributed by atoms with E-state index in [9.17, 15) is 13.5 Å². The first kappa shape index (κ1) is 13.4. The van der Waals surface area contributed by atoms with Crippen molar-refractivity contribution in [3.05, 3.63) is 23.8 Å². The minimum absolute atomic E-state index is 0.00264. The average molecular weight is 269 g/mol. The first-order valence-electron chi connectivity index (χ1n) is 6.22. The number of aromatic hydroxyl groups is 1. The number of phenols is 1. The Kier molecular flexibility index (Phi) is 3.92. The van der Waals surface area contributed by atoms with Crippen molar-refractivity contribution in [2.45, 2.75) is 36.6 Å². The van der Waals surface area contributed by atoms with Crippen molar-refractivity contribution in [2.75, 3.05) is 12.8 Å². The fraction of sp³-hybridized carbons (Fsp3) is 0.538. The van der Waals surface area contributed by atoms with Gasteiger partial charge in [0.15, 0.2) is 9.84 Å². The predicted octanol–water partition coefficient (Wildman–Crippen LogP) is 1.48. The van der Waals surface area contributed by atoms with Crippen molar-refractivity contribution in [1.29, 1.82) is 0 Å². The van der Waals surface area contributed by atoms with Crippen LogP contribution in [0.15, 0.2) is 23.1 Å². The van der Waals surface area contributed by atoms with E-state index in [2.05, 4.69) is 5.32 Å². The molecule has 0 aliphatic carbocycles. The molecule has 0 bridgehead atoms. The zero-order chi connectivity index (χ0) is 13.2. The van der Waals surface area contributed by atoms with Crippen molar-refractivity contribution >= 4 is 9.84 Å². The SMILES string of the molecule is CS(=O)(=O)c1ccc(CC2CCCCN2)cc1O. The molecule has 1 aliphatic heterocycles. The molecule has 1 unspecified atom stereocenters. The molecule has 1 aromatic carbocycles. The second kappa shape index (κ2) is 5.28. The Hall–Kier alpha value is -1.07. The van der Waals surface area contributed by atoms with Crippen LogP contribution in [0, 0.1) is 0 Å². The van der Waals surface area contributed by atoms with Gasteiger partial charge in [0, 0.05) is 12.3 Å². The summed E-state index contributed by atoms with van der Waals surface area (Å²) in [5, 5.41) is 13.2. The number of rotatable bonds is 3. The van der Waals surface area contributed by atoms with Gasteiger partial charge in [-0.2, -0.15) is 0 Å². The molecular weight excluding hydrogens is 250 g/mol. The molecule has 100 valence electrons. The number of hydrogen-bond donors (Lipinski definition) is 2. The zero-order valence-corrected chi connectivity index (χ0v) is 11.3. The molecule has 1 fully saturated rings. The Morgan fingerprint density at radius 2 is 2.17 bits per heavy atom. The van der Waals surface area contributed by atoms with Crippen LogP contribution in [-0.4, -0.2) is 32.4 Å². The van der Waals surface area contributed by atoms with Gasteiger partial charge in [-0.25, -0.2) is 8.42 Å². The van der Waals surface area contributed by atoms with Gasteiger partial charge in [-0.05, 0) is 43.5 Å². The molecule has 2 rings (SSSR count). The van der Waals surface area contributed by atoms with E-state index in [1.807, 2.05) is 0 Å². The highest BCUT2D eigenvalue weighted by Crippen LogP contribution is 2.25. The highest BCUT2D eigenvalue weighted by atomic mass is 32.2. The number of hydrogen-bond acceptors (Lipinski definition) is 4. The maximum atomic E-state index is 11.4. The Labute approximate surface area is 108 Å². The quantitative estimate of drug-likeness (QED) is 0.872. The van der Waals surface area contributed by atoms with Gasteiger partial charge in [-0.15, -0.1) is 0 Å². The van der Waals surface area contributed by atoms with E-state index in [0.29, 0.717) is 6.04 Å². The number of sulfone groups is 1. The third-order valence-corrected chi connectivity index (χ3v) is 4.46. The number of benzene rings is 1. The Bertz CT molecular complexity index is 519. The van der Waals surface area contributed by atoms with Crippen molar-refractivity contribution in [2.24, 2.45) is 0 Å². The summed E-state index contributed by atoms with van der Waals surface area (Å²) in [4.78, 5) is 0.00264. The summed E-state index contributed by atoms with van der Waals surface area (Å²) in [7, 11) is -3.35. The molecule has 0 spiro atoms.